The number of hydrogen-bond donors (Lipinski definition) is 0. The fraction of sp³-hybridized carbons (Fsp3) is 0.636. The van der Waals surface area contributed by atoms with Crippen LogP contribution in [0.3, 0.4) is 0 Å². The average molecular weight is 417 g/mol. The number of para-hydroxylation sites is 1. The lowest BCUT2D eigenvalue weighted by atomic mass is 10.1. The highest BCUT2D eigenvalue weighted by atomic mass is 32.1. The minimum Gasteiger partial charge on any atom is -0.372 e. The number of piperazine rings is 1. The maximum atomic E-state index is 13.0. The topological polar surface area (TPSA) is 48.9 Å². The van der Waals surface area contributed by atoms with Gasteiger partial charge in [0.2, 0.25) is 5.91 Å². The molecule has 158 valence electrons. The number of carbonyl (C=O) groups is 1. The number of nitrogens with zero attached hydrogens (tertiary/aromatic N) is 4. The number of thiazole rings is 1. The molecule has 0 unspecified atom stereocenters. The van der Waals surface area contributed by atoms with E-state index >= 15 is 0 Å². The highest BCUT2D eigenvalue weighted by Gasteiger charge is 2.33. The zero-order valence-corrected chi connectivity index (χ0v) is 18.7. The first kappa shape index (κ1) is 20.7. The van der Waals surface area contributed by atoms with Crippen LogP contribution in [0.5, 0.6) is 0 Å². The molecular formula is C22H32N4O2S. The van der Waals surface area contributed by atoms with Gasteiger partial charge in [0.05, 0.1) is 34.5 Å². The van der Waals surface area contributed by atoms with Crippen molar-refractivity contribution in [3.63, 3.8) is 0 Å². The van der Waals surface area contributed by atoms with Crippen LogP contribution in [-0.2, 0) is 9.53 Å². The summed E-state index contributed by atoms with van der Waals surface area (Å²) in [5.74, 6) is 0.236. The van der Waals surface area contributed by atoms with E-state index in [1.807, 2.05) is 24.8 Å². The van der Waals surface area contributed by atoms with Crippen molar-refractivity contribution in [1.29, 1.82) is 0 Å². The molecule has 1 aromatic carbocycles. The van der Waals surface area contributed by atoms with Gasteiger partial charge in [-0.15, -0.1) is 11.3 Å². The van der Waals surface area contributed by atoms with Gasteiger partial charge < -0.3 is 9.64 Å². The van der Waals surface area contributed by atoms with E-state index in [-0.39, 0.29) is 24.2 Å². The van der Waals surface area contributed by atoms with Gasteiger partial charge in [-0.1, -0.05) is 12.1 Å². The Hall–Kier alpha value is -1.54. The molecule has 6 nitrogen and oxygen atoms in total. The van der Waals surface area contributed by atoms with Gasteiger partial charge in [0, 0.05) is 39.3 Å². The third kappa shape index (κ3) is 4.48. The highest BCUT2D eigenvalue weighted by molar-refractivity contribution is 7.18. The van der Waals surface area contributed by atoms with Crippen molar-refractivity contribution in [2.75, 3.05) is 39.3 Å². The lowest BCUT2D eigenvalue weighted by Gasteiger charge is -2.42. The summed E-state index contributed by atoms with van der Waals surface area (Å²) in [6.45, 7) is 13.5. The molecule has 3 heterocycles. The third-order valence-corrected chi connectivity index (χ3v) is 7.41. The van der Waals surface area contributed by atoms with E-state index in [0.717, 1.165) is 31.7 Å². The summed E-state index contributed by atoms with van der Waals surface area (Å²) in [6.07, 6.45) is 0.225. The van der Waals surface area contributed by atoms with Crippen LogP contribution in [0.15, 0.2) is 24.3 Å². The number of hydrogen-bond acceptors (Lipinski definition) is 6. The Morgan fingerprint density at radius 3 is 2.34 bits per heavy atom. The molecule has 0 bridgehead atoms. The molecule has 1 aromatic heterocycles. The van der Waals surface area contributed by atoms with Crippen LogP contribution < -0.4 is 0 Å². The summed E-state index contributed by atoms with van der Waals surface area (Å²) in [5.41, 5.74) is 1.09. The van der Waals surface area contributed by atoms with E-state index in [4.69, 9.17) is 9.72 Å². The fourth-order valence-electron chi connectivity index (χ4n) is 4.52. The number of ether oxygens (including phenoxy) is 1. The Kier molecular flexibility index (Phi) is 6.20. The van der Waals surface area contributed by atoms with Crippen LogP contribution in [0.4, 0.5) is 0 Å². The molecule has 2 aliphatic heterocycles. The Morgan fingerprint density at radius 1 is 1.07 bits per heavy atom. The Morgan fingerprint density at radius 2 is 1.69 bits per heavy atom. The number of carbonyl (C=O) groups excluding carboxylic acids is 1. The Balaban J connectivity index is 1.34. The second-order valence-electron chi connectivity index (χ2n) is 8.44. The zero-order valence-electron chi connectivity index (χ0n) is 17.9. The van der Waals surface area contributed by atoms with E-state index in [9.17, 15) is 4.79 Å². The molecule has 2 aromatic rings. The lowest BCUT2D eigenvalue weighted by Crippen LogP contribution is -2.57. The van der Waals surface area contributed by atoms with E-state index in [0.29, 0.717) is 19.1 Å². The molecule has 0 saturated carbocycles. The van der Waals surface area contributed by atoms with Crippen LogP contribution in [0.25, 0.3) is 10.2 Å². The molecule has 0 radical (unpaired) electrons. The monoisotopic (exact) mass is 416 g/mol. The zero-order chi connectivity index (χ0) is 20.5. The van der Waals surface area contributed by atoms with Crippen LogP contribution >= 0.6 is 11.3 Å². The Labute approximate surface area is 177 Å². The van der Waals surface area contributed by atoms with Gasteiger partial charge in [0.15, 0.2) is 0 Å². The van der Waals surface area contributed by atoms with E-state index in [1.54, 1.807) is 11.3 Å². The molecule has 4 rings (SSSR count). The third-order valence-electron chi connectivity index (χ3n) is 6.20. The molecule has 4 atom stereocenters. The van der Waals surface area contributed by atoms with Crippen LogP contribution in [0.2, 0.25) is 0 Å². The number of fused-ring (bicyclic) bond motifs is 1. The number of rotatable bonds is 4. The molecule has 0 N–H and O–H groups in total. The number of amides is 1. The van der Waals surface area contributed by atoms with E-state index in [1.165, 1.54) is 9.71 Å². The predicted octanol–water partition coefficient (Wildman–Crippen LogP) is 3.00. The van der Waals surface area contributed by atoms with Gasteiger partial charge in [0.25, 0.3) is 0 Å². The van der Waals surface area contributed by atoms with E-state index in [2.05, 4.69) is 41.8 Å². The van der Waals surface area contributed by atoms with Crippen molar-refractivity contribution in [2.45, 2.75) is 52.0 Å². The summed E-state index contributed by atoms with van der Waals surface area (Å²) in [7, 11) is 0. The van der Waals surface area contributed by atoms with E-state index < -0.39 is 0 Å². The minimum absolute atomic E-state index is 0.0765. The van der Waals surface area contributed by atoms with Gasteiger partial charge >= 0.3 is 0 Å². The molecule has 29 heavy (non-hydrogen) atoms. The van der Waals surface area contributed by atoms with Gasteiger partial charge in [0.1, 0.15) is 5.01 Å². The predicted molar refractivity (Wildman–Crippen MR) is 117 cm³/mol. The quantitative estimate of drug-likeness (QED) is 0.767. The first-order valence-electron chi connectivity index (χ1n) is 10.7. The second-order valence-corrected chi connectivity index (χ2v) is 9.51. The van der Waals surface area contributed by atoms with Crippen molar-refractivity contribution in [1.82, 2.24) is 19.7 Å². The van der Waals surface area contributed by atoms with Gasteiger partial charge in [-0.25, -0.2) is 4.98 Å². The van der Waals surface area contributed by atoms with Gasteiger partial charge in [-0.05, 0) is 39.8 Å². The van der Waals surface area contributed by atoms with Crippen LogP contribution in [0, 0.1) is 0 Å². The van der Waals surface area contributed by atoms with Crippen molar-refractivity contribution in [3.05, 3.63) is 29.3 Å². The fourth-order valence-corrected chi connectivity index (χ4v) is 5.57. The summed E-state index contributed by atoms with van der Waals surface area (Å²) in [4.78, 5) is 24.7. The highest BCUT2D eigenvalue weighted by Crippen LogP contribution is 2.30. The van der Waals surface area contributed by atoms with Crippen LogP contribution in [0.1, 0.15) is 38.7 Å². The number of benzene rings is 1. The standard InChI is InChI=1S/C22H32N4O2S/c1-15-13-26(14-16(2)28-15)22(27)18(4)25-11-9-24(10-12-25)17(3)21-23-19-7-5-6-8-20(19)29-21/h5-8,15-18H,9-14H2,1-4H3/t15-,16+,17-,18+/m1/s1. The molecule has 2 fully saturated rings. The molecule has 0 aliphatic carbocycles. The number of aromatic nitrogens is 1. The average Bonchev–Trinajstić information content (AvgIpc) is 3.16. The van der Waals surface area contributed by atoms with Crippen molar-refractivity contribution in [2.24, 2.45) is 0 Å². The van der Waals surface area contributed by atoms with Gasteiger partial charge in [-0.2, -0.15) is 0 Å². The van der Waals surface area contributed by atoms with Crippen molar-refractivity contribution < 1.29 is 9.53 Å². The molecule has 2 saturated heterocycles. The normalized spacial score (nSPS) is 26.6. The molecule has 1 amide bonds. The Bertz CT molecular complexity index is 805. The van der Waals surface area contributed by atoms with Crippen molar-refractivity contribution in [3.8, 4) is 0 Å². The molecule has 0 spiro atoms. The summed E-state index contributed by atoms with van der Waals surface area (Å²) in [5, 5.41) is 1.18. The molecule has 2 aliphatic rings. The lowest BCUT2D eigenvalue weighted by molar-refractivity contribution is -0.149. The smallest absolute Gasteiger partial charge is 0.239 e. The molecule has 7 heteroatoms. The van der Waals surface area contributed by atoms with Gasteiger partial charge in [-0.3, -0.25) is 14.6 Å². The minimum atomic E-state index is -0.0765. The summed E-state index contributed by atoms with van der Waals surface area (Å²) >= 11 is 1.79. The molecular weight excluding hydrogens is 384 g/mol. The second kappa shape index (κ2) is 8.68. The summed E-state index contributed by atoms with van der Waals surface area (Å²) < 4.78 is 7.03. The summed E-state index contributed by atoms with van der Waals surface area (Å²) in [6, 6.07) is 8.57. The van der Waals surface area contributed by atoms with Crippen molar-refractivity contribution >= 4 is 27.5 Å². The van der Waals surface area contributed by atoms with Crippen LogP contribution in [-0.4, -0.2) is 83.1 Å². The first-order valence-corrected chi connectivity index (χ1v) is 11.5. The number of morpholine rings is 1. The first-order chi connectivity index (χ1) is 13.9. The SMILES string of the molecule is C[C@@H]1CN(C(=O)[C@H](C)N2CCN([C@H](C)c3nc4ccccc4s3)CC2)C[C@H](C)O1. The largest absolute Gasteiger partial charge is 0.372 e. The maximum Gasteiger partial charge on any atom is 0.239 e. The maximum absolute atomic E-state index is 13.0.